The molecule has 0 spiro atoms. The third-order valence-corrected chi connectivity index (χ3v) is 7.84. The number of hydrogen-bond donors (Lipinski definition) is 1. The van der Waals surface area contributed by atoms with E-state index in [0.717, 1.165) is 51.4 Å². The highest BCUT2D eigenvalue weighted by Gasteiger charge is 2.42. The molecular weight excluding hydrogens is 309 g/mol. The first-order chi connectivity index (χ1) is 11.2. The van der Waals surface area contributed by atoms with Crippen LogP contribution in [0.1, 0.15) is 96.3 Å². The maximum absolute atomic E-state index is 13.2. The third kappa shape index (κ3) is 4.81. The molecule has 3 fully saturated rings. The Hall–Kier alpha value is 0.110. The van der Waals surface area contributed by atoms with Crippen molar-refractivity contribution in [2.75, 3.05) is 0 Å². The molecule has 0 bridgehead atoms. The molecule has 4 nitrogen and oxygen atoms in total. The minimum absolute atomic E-state index is 0.00531. The van der Waals surface area contributed by atoms with E-state index in [2.05, 4.69) is 0 Å². The van der Waals surface area contributed by atoms with E-state index < -0.39 is 7.75 Å². The van der Waals surface area contributed by atoms with E-state index in [-0.39, 0.29) is 18.2 Å². The average molecular weight is 343 g/mol. The van der Waals surface area contributed by atoms with Crippen LogP contribution < -0.4 is 0 Å². The lowest BCUT2D eigenvalue weighted by Crippen LogP contribution is -2.43. The highest BCUT2D eigenvalue weighted by molar-refractivity contribution is 7.50. The number of nitrogens with zero attached hydrogens (tertiary/aromatic N) is 1. The van der Waals surface area contributed by atoms with Crippen LogP contribution in [0.4, 0.5) is 0 Å². The Morgan fingerprint density at radius 3 is 1.52 bits per heavy atom. The Morgan fingerprint density at radius 1 is 0.696 bits per heavy atom. The lowest BCUT2D eigenvalue weighted by Gasteiger charge is -2.43. The fourth-order valence-corrected chi connectivity index (χ4v) is 6.82. The summed E-state index contributed by atoms with van der Waals surface area (Å²) in [5, 5.41) is 0. The second-order valence-electron chi connectivity index (χ2n) is 7.82. The summed E-state index contributed by atoms with van der Waals surface area (Å²) >= 11 is 0. The Labute approximate surface area is 141 Å². The van der Waals surface area contributed by atoms with Gasteiger partial charge in [-0.2, -0.15) is 0 Å². The first-order valence-corrected chi connectivity index (χ1v) is 11.5. The Bertz CT molecular complexity index is 381. The van der Waals surface area contributed by atoms with Crippen LogP contribution in [0.25, 0.3) is 0 Å². The van der Waals surface area contributed by atoms with Gasteiger partial charge in [-0.15, -0.1) is 0 Å². The van der Waals surface area contributed by atoms with E-state index in [9.17, 15) is 9.46 Å². The molecule has 5 heteroatoms. The minimum atomic E-state index is -3.67. The molecule has 3 aliphatic carbocycles. The highest BCUT2D eigenvalue weighted by Crippen LogP contribution is 2.55. The van der Waals surface area contributed by atoms with E-state index in [0.29, 0.717) is 0 Å². The van der Waals surface area contributed by atoms with Gasteiger partial charge in [0.25, 0.3) is 0 Å². The van der Waals surface area contributed by atoms with Crippen molar-refractivity contribution in [3.05, 3.63) is 0 Å². The Morgan fingerprint density at radius 2 is 1.09 bits per heavy atom. The SMILES string of the molecule is O=P(O)(OC1CCCCC1)N(C1CCCCC1)C1CCCCC1. The van der Waals surface area contributed by atoms with Gasteiger partial charge in [0.2, 0.25) is 0 Å². The van der Waals surface area contributed by atoms with Gasteiger partial charge in [0.15, 0.2) is 0 Å². The molecule has 0 saturated heterocycles. The van der Waals surface area contributed by atoms with Crippen molar-refractivity contribution in [2.45, 2.75) is 114 Å². The Kier molecular flexibility index (Phi) is 6.60. The standard InChI is InChI=1S/C18H34NO3P/c20-23(21,22-18-14-8-3-9-15-18)19(16-10-4-1-5-11-16)17-12-6-2-7-13-17/h16-18H,1-15H2,(H,20,21). The summed E-state index contributed by atoms with van der Waals surface area (Å²) in [6, 6.07) is 0.512. The predicted molar refractivity (Wildman–Crippen MR) is 93.4 cm³/mol. The molecule has 0 heterocycles. The first kappa shape index (κ1) is 17.9. The van der Waals surface area contributed by atoms with Gasteiger partial charge in [0.05, 0.1) is 6.10 Å². The maximum atomic E-state index is 13.2. The van der Waals surface area contributed by atoms with Crippen LogP contribution in [0.3, 0.4) is 0 Å². The van der Waals surface area contributed by atoms with E-state index >= 15 is 0 Å². The first-order valence-electron chi connectivity index (χ1n) is 9.97. The molecule has 1 atom stereocenters. The van der Waals surface area contributed by atoms with Gasteiger partial charge in [-0.05, 0) is 38.5 Å². The van der Waals surface area contributed by atoms with E-state index in [4.69, 9.17) is 4.52 Å². The molecule has 3 rings (SSSR count). The molecular formula is C18H34NO3P. The van der Waals surface area contributed by atoms with Crippen molar-refractivity contribution in [2.24, 2.45) is 0 Å². The van der Waals surface area contributed by atoms with Crippen molar-refractivity contribution in [3.63, 3.8) is 0 Å². The smallest absolute Gasteiger partial charge is 0.312 e. The fraction of sp³-hybridized carbons (Fsp3) is 1.00. The van der Waals surface area contributed by atoms with Gasteiger partial charge in [-0.25, -0.2) is 9.24 Å². The molecule has 3 saturated carbocycles. The molecule has 0 aromatic heterocycles. The topological polar surface area (TPSA) is 49.8 Å². The summed E-state index contributed by atoms with van der Waals surface area (Å²) in [6.07, 6.45) is 17.0. The predicted octanol–water partition coefficient (Wildman–Crippen LogP) is 5.40. The van der Waals surface area contributed by atoms with E-state index in [1.807, 2.05) is 4.67 Å². The Balaban J connectivity index is 1.72. The van der Waals surface area contributed by atoms with Gasteiger partial charge < -0.3 is 4.89 Å². The summed E-state index contributed by atoms with van der Waals surface area (Å²) in [6.45, 7) is 0. The van der Waals surface area contributed by atoms with Crippen LogP contribution in [-0.4, -0.2) is 27.8 Å². The monoisotopic (exact) mass is 343 g/mol. The van der Waals surface area contributed by atoms with Gasteiger partial charge >= 0.3 is 7.75 Å². The summed E-state index contributed by atoms with van der Waals surface area (Å²) in [7, 11) is -3.67. The van der Waals surface area contributed by atoms with Gasteiger partial charge in [-0.1, -0.05) is 57.8 Å². The number of hydrogen-bond acceptors (Lipinski definition) is 2. The largest absolute Gasteiger partial charge is 0.406 e. The van der Waals surface area contributed by atoms with E-state index in [1.165, 1.54) is 44.9 Å². The quantitative estimate of drug-likeness (QED) is 0.679. The highest BCUT2D eigenvalue weighted by atomic mass is 31.2. The number of rotatable bonds is 5. The van der Waals surface area contributed by atoms with Crippen LogP contribution >= 0.6 is 7.75 Å². The molecule has 1 N–H and O–H groups in total. The van der Waals surface area contributed by atoms with Crippen LogP contribution in [-0.2, 0) is 9.09 Å². The van der Waals surface area contributed by atoms with Crippen LogP contribution in [0, 0.1) is 0 Å². The normalized spacial score (nSPS) is 28.8. The molecule has 3 aliphatic rings. The minimum Gasteiger partial charge on any atom is -0.312 e. The van der Waals surface area contributed by atoms with Crippen LogP contribution in [0.2, 0.25) is 0 Å². The molecule has 0 radical (unpaired) electrons. The van der Waals surface area contributed by atoms with Gasteiger partial charge in [-0.3, -0.25) is 4.52 Å². The van der Waals surface area contributed by atoms with Crippen molar-refractivity contribution in [1.29, 1.82) is 0 Å². The molecule has 134 valence electrons. The zero-order chi connectivity index (χ0) is 16.1. The maximum Gasteiger partial charge on any atom is 0.406 e. The average Bonchev–Trinajstić information content (AvgIpc) is 2.57. The second kappa shape index (κ2) is 8.47. The van der Waals surface area contributed by atoms with E-state index in [1.54, 1.807) is 0 Å². The lowest BCUT2D eigenvalue weighted by molar-refractivity contribution is 0.0707. The molecule has 0 aliphatic heterocycles. The van der Waals surface area contributed by atoms with Gasteiger partial charge in [0.1, 0.15) is 0 Å². The fourth-order valence-electron chi connectivity index (χ4n) is 4.82. The van der Waals surface area contributed by atoms with Crippen molar-refractivity contribution < 1.29 is 14.0 Å². The molecule has 0 amide bonds. The summed E-state index contributed by atoms with van der Waals surface area (Å²) < 4.78 is 21.1. The zero-order valence-corrected chi connectivity index (χ0v) is 15.4. The van der Waals surface area contributed by atoms with Crippen LogP contribution in [0.15, 0.2) is 0 Å². The summed E-state index contributed by atoms with van der Waals surface area (Å²) in [5.74, 6) is 0. The third-order valence-electron chi connectivity index (χ3n) is 6.03. The van der Waals surface area contributed by atoms with Crippen LogP contribution in [0.5, 0.6) is 0 Å². The van der Waals surface area contributed by atoms with Gasteiger partial charge in [0, 0.05) is 12.1 Å². The molecule has 23 heavy (non-hydrogen) atoms. The summed E-state index contributed by atoms with van der Waals surface area (Å²) in [5.41, 5.74) is 0. The van der Waals surface area contributed by atoms with Crippen molar-refractivity contribution in [3.8, 4) is 0 Å². The van der Waals surface area contributed by atoms with Crippen molar-refractivity contribution in [1.82, 2.24) is 4.67 Å². The van der Waals surface area contributed by atoms with Crippen molar-refractivity contribution >= 4 is 7.75 Å². The molecule has 1 unspecified atom stereocenters. The molecule has 0 aromatic carbocycles. The lowest BCUT2D eigenvalue weighted by atomic mass is 9.91. The summed E-state index contributed by atoms with van der Waals surface area (Å²) in [4.78, 5) is 10.9. The molecule has 0 aromatic rings. The zero-order valence-electron chi connectivity index (χ0n) is 14.5. The second-order valence-corrected chi connectivity index (χ2v) is 9.47.